The number of rotatable bonds is 3. The Morgan fingerprint density at radius 2 is 1.15 bits per heavy atom. The maximum absolute atomic E-state index is 12.0. The third-order valence-electron chi connectivity index (χ3n) is 4.28. The second kappa shape index (κ2) is 6.22. The number of fused-ring (bicyclic) bond motifs is 2. The van der Waals surface area contributed by atoms with Crippen LogP contribution in [0.1, 0.15) is 22.9 Å². The van der Waals surface area contributed by atoms with E-state index < -0.39 is 0 Å². The van der Waals surface area contributed by atoms with Crippen LogP contribution in [0.15, 0.2) is 54.8 Å². The molecule has 0 atom stereocenters. The van der Waals surface area contributed by atoms with Crippen LogP contribution in [0.3, 0.4) is 0 Å². The maximum Gasteiger partial charge on any atom is 0.283 e. The molecular formula is C20H16N2O4. The summed E-state index contributed by atoms with van der Waals surface area (Å²) in [5, 5.41) is 0.957. The van der Waals surface area contributed by atoms with Crippen molar-refractivity contribution in [2.75, 3.05) is 0 Å². The van der Waals surface area contributed by atoms with Crippen LogP contribution in [0.25, 0.3) is 21.9 Å². The zero-order chi connectivity index (χ0) is 18.3. The molecule has 0 unspecified atom stereocenters. The van der Waals surface area contributed by atoms with Crippen LogP contribution in [0.2, 0.25) is 0 Å². The molecule has 0 spiro atoms. The SMILES string of the molecule is Cc1nc(=O)c2cc(CCc3ccc4oc(C)nc(=O)c4c3)ccc2o1. The fourth-order valence-electron chi connectivity index (χ4n) is 3.04. The molecule has 0 saturated heterocycles. The first kappa shape index (κ1) is 16.2. The molecule has 0 amide bonds. The molecule has 4 rings (SSSR count). The van der Waals surface area contributed by atoms with E-state index in [-0.39, 0.29) is 11.1 Å². The van der Waals surface area contributed by atoms with Gasteiger partial charge in [-0.2, -0.15) is 9.97 Å². The Hall–Kier alpha value is -3.28. The first-order valence-electron chi connectivity index (χ1n) is 8.30. The Labute approximate surface area is 148 Å². The summed E-state index contributed by atoms with van der Waals surface area (Å²) in [6.07, 6.45) is 1.44. The molecule has 0 aliphatic rings. The Bertz CT molecular complexity index is 1160. The molecule has 2 heterocycles. The average Bonchev–Trinajstić information content (AvgIpc) is 2.60. The van der Waals surface area contributed by atoms with E-state index in [2.05, 4.69) is 9.97 Å². The summed E-state index contributed by atoms with van der Waals surface area (Å²) >= 11 is 0. The molecule has 26 heavy (non-hydrogen) atoms. The lowest BCUT2D eigenvalue weighted by molar-refractivity contribution is 0.534. The number of aromatic nitrogens is 2. The summed E-state index contributed by atoms with van der Waals surface area (Å²) in [6, 6.07) is 11.1. The highest BCUT2D eigenvalue weighted by atomic mass is 16.3. The van der Waals surface area contributed by atoms with E-state index in [1.165, 1.54) is 0 Å². The molecule has 0 bridgehead atoms. The van der Waals surface area contributed by atoms with Gasteiger partial charge < -0.3 is 8.83 Å². The smallest absolute Gasteiger partial charge is 0.283 e. The normalized spacial score (nSPS) is 11.3. The summed E-state index contributed by atoms with van der Waals surface area (Å²) < 4.78 is 10.9. The fourth-order valence-corrected chi connectivity index (χ4v) is 3.04. The van der Waals surface area contributed by atoms with Gasteiger partial charge in [-0.15, -0.1) is 0 Å². The Morgan fingerprint density at radius 3 is 1.58 bits per heavy atom. The van der Waals surface area contributed by atoms with Gasteiger partial charge in [0.25, 0.3) is 11.1 Å². The van der Waals surface area contributed by atoms with E-state index in [0.717, 1.165) is 24.0 Å². The van der Waals surface area contributed by atoms with Gasteiger partial charge in [0, 0.05) is 13.8 Å². The highest BCUT2D eigenvalue weighted by Crippen LogP contribution is 2.17. The molecule has 0 aliphatic heterocycles. The van der Waals surface area contributed by atoms with Gasteiger partial charge in [-0.25, -0.2) is 0 Å². The van der Waals surface area contributed by atoms with Crippen molar-refractivity contribution in [3.63, 3.8) is 0 Å². The lowest BCUT2D eigenvalue weighted by atomic mass is 10.0. The highest BCUT2D eigenvalue weighted by molar-refractivity contribution is 5.77. The molecule has 0 aliphatic carbocycles. The Morgan fingerprint density at radius 1 is 0.731 bits per heavy atom. The van der Waals surface area contributed by atoms with Gasteiger partial charge in [0.1, 0.15) is 11.2 Å². The molecule has 0 saturated carbocycles. The van der Waals surface area contributed by atoms with Crippen LogP contribution in [-0.2, 0) is 12.8 Å². The number of nitrogens with zero attached hydrogens (tertiary/aromatic N) is 2. The number of benzene rings is 2. The second-order valence-corrected chi connectivity index (χ2v) is 6.24. The van der Waals surface area contributed by atoms with Crippen LogP contribution in [0.4, 0.5) is 0 Å². The molecule has 130 valence electrons. The van der Waals surface area contributed by atoms with Gasteiger partial charge in [0.15, 0.2) is 11.8 Å². The van der Waals surface area contributed by atoms with Crippen LogP contribution < -0.4 is 11.1 Å². The van der Waals surface area contributed by atoms with E-state index in [0.29, 0.717) is 33.7 Å². The predicted molar refractivity (Wildman–Crippen MR) is 97.4 cm³/mol. The van der Waals surface area contributed by atoms with E-state index in [9.17, 15) is 9.59 Å². The standard InChI is InChI=1S/C20H16N2O4/c1-11-21-19(23)15-9-13(5-7-17(15)25-11)3-4-14-6-8-18-16(10-14)20(24)22-12(2)26-18/h5-10H,3-4H2,1-2H3. The predicted octanol–water partition coefficient (Wildman–Crippen LogP) is 3.09. The monoisotopic (exact) mass is 348 g/mol. The number of hydrogen-bond acceptors (Lipinski definition) is 6. The molecule has 2 aromatic carbocycles. The van der Waals surface area contributed by atoms with Crippen molar-refractivity contribution < 1.29 is 8.83 Å². The van der Waals surface area contributed by atoms with Gasteiger partial charge >= 0.3 is 0 Å². The maximum atomic E-state index is 12.0. The molecule has 4 aromatic rings. The van der Waals surface area contributed by atoms with E-state index in [4.69, 9.17) is 8.83 Å². The number of hydrogen-bond donors (Lipinski definition) is 0. The van der Waals surface area contributed by atoms with Crippen molar-refractivity contribution in [2.24, 2.45) is 0 Å². The lowest BCUT2D eigenvalue weighted by Gasteiger charge is -2.05. The minimum absolute atomic E-state index is 0.282. The van der Waals surface area contributed by atoms with E-state index in [1.54, 1.807) is 26.0 Å². The Kier molecular flexibility index (Phi) is 3.88. The van der Waals surface area contributed by atoms with Crippen LogP contribution in [-0.4, -0.2) is 9.97 Å². The molecule has 2 aromatic heterocycles. The van der Waals surface area contributed by atoms with Crippen molar-refractivity contribution in [3.8, 4) is 0 Å². The minimum Gasteiger partial charge on any atom is -0.442 e. The minimum atomic E-state index is -0.282. The lowest BCUT2D eigenvalue weighted by Crippen LogP contribution is -2.08. The molecule has 0 N–H and O–H groups in total. The first-order valence-corrected chi connectivity index (χ1v) is 8.30. The second-order valence-electron chi connectivity index (χ2n) is 6.24. The fraction of sp³-hybridized carbons (Fsp3) is 0.200. The summed E-state index contributed by atoms with van der Waals surface area (Å²) in [7, 11) is 0. The summed E-state index contributed by atoms with van der Waals surface area (Å²) in [4.78, 5) is 31.7. The van der Waals surface area contributed by atoms with Gasteiger partial charge in [-0.3, -0.25) is 9.59 Å². The summed E-state index contributed by atoms with van der Waals surface area (Å²) in [5.41, 5.74) is 2.52. The summed E-state index contributed by atoms with van der Waals surface area (Å²) in [5.74, 6) is 0.711. The molecule has 0 fully saturated rings. The van der Waals surface area contributed by atoms with Crippen LogP contribution in [0, 0.1) is 13.8 Å². The van der Waals surface area contributed by atoms with Crippen molar-refractivity contribution in [1.29, 1.82) is 0 Å². The van der Waals surface area contributed by atoms with Crippen molar-refractivity contribution >= 4 is 21.9 Å². The molecular weight excluding hydrogens is 332 g/mol. The first-order chi connectivity index (χ1) is 12.5. The average molecular weight is 348 g/mol. The molecule has 0 radical (unpaired) electrons. The van der Waals surface area contributed by atoms with Crippen LogP contribution >= 0.6 is 0 Å². The zero-order valence-corrected chi connectivity index (χ0v) is 14.4. The quantitative estimate of drug-likeness (QED) is 0.565. The van der Waals surface area contributed by atoms with E-state index in [1.807, 2.05) is 24.3 Å². The van der Waals surface area contributed by atoms with Crippen molar-refractivity contribution in [1.82, 2.24) is 9.97 Å². The molecule has 6 nitrogen and oxygen atoms in total. The summed E-state index contributed by atoms with van der Waals surface area (Å²) in [6.45, 7) is 3.31. The third kappa shape index (κ3) is 3.01. The number of aryl methyl sites for hydroxylation is 4. The zero-order valence-electron chi connectivity index (χ0n) is 14.4. The highest BCUT2D eigenvalue weighted by Gasteiger charge is 2.07. The van der Waals surface area contributed by atoms with E-state index >= 15 is 0 Å². The largest absolute Gasteiger partial charge is 0.442 e. The van der Waals surface area contributed by atoms with Gasteiger partial charge in [-0.1, -0.05) is 12.1 Å². The van der Waals surface area contributed by atoms with Crippen molar-refractivity contribution in [3.05, 3.63) is 80.0 Å². The molecule has 6 heteroatoms. The topological polar surface area (TPSA) is 86.2 Å². The van der Waals surface area contributed by atoms with Gasteiger partial charge in [-0.05, 0) is 48.2 Å². The van der Waals surface area contributed by atoms with Crippen LogP contribution in [0.5, 0.6) is 0 Å². The Balaban J connectivity index is 1.63. The third-order valence-corrected chi connectivity index (χ3v) is 4.28. The van der Waals surface area contributed by atoms with Crippen molar-refractivity contribution in [2.45, 2.75) is 26.7 Å². The van der Waals surface area contributed by atoms with Gasteiger partial charge in [0.2, 0.25) is 0 Å². The van der Waals surface area contributed by atoms with Gasteiger partial charge in [0.05, 0.1) is 10.8 Å².